The van der Waals surface area contributed by atoms with E-state index in [0.717, 1.165) is 38.2 Å². The molecule has 0 atom stereocenters. The Kier molecular flexibility index (Phi) is 7.58. The van der Waals surface area contributed by atoms with Crippen molar-refractivity contribution in [3.63, 3.8) is 0 Å². The first kappa shape index (κ1) is 22.4. The first-order valence-electron chi connectivity index (χ1n) is 10.0. The molecule has 0 bridgehead atoms. The number of rotatable bonds is 9. The molecule has 0 radical (unpaired) electrons. The first-order valence-corrected chi connectivity index (χ1v) is 11.5. The number of methoxy groups -OCH3 is 1. The summed E-state index contributed by atoms with van der Waals surface area (Å²) in [5.74, 6) is 1.05. The number of amides is 1. The van der Waals surface area contributed by atoms with Crippen molar-refractivity contribution in [1.29, 1.82) is 0 Å². The molecule has 1 saturated heterocycles. The van der Waals surface area contributed by atoms with Crippen LogP contribution in [0.4, 0.5) is 5.82 Å². The molecule has 1 aliphatic rings. The van der Waals surface area contributed by atoms with Crippen LogP contribution in [0, 0.1) is 5.92 Å². The van der Waals surface area contributed by atoms with Crippen LogP contribution >= 0.6 is 8.38 Å². The summed E-state index contributed by atoms with van der Waals surface area (Å²) >= 11 is 0. The molecule has 0 aliphatic carbocycles. The highest BCUT2D eigenvalue weighted by atomic mass is 31.2. The molecule has 2 aromatic rings. The maximum Gasteiger partial charge on any atom is 0.280 e. The second kappa shape index (κ2) is 10.1. The molecule has 1 fully saturated rings. The van der Waals surface area contributed by atoms with E-state index in [2.05, 4.69) is 15.0 Å². The molecule has 10 nitrogen and oxygen atoms in total. The highest BCUT2D eigenvalue weighted by Gasteiger charge is 2.23. The van der Waals surface area contributed by atoms with Gasteiger partial charge in [-0.2, -0.15) is 10.1 Å². The standard InChI is InChI=1S/C19H28N5O5P/c1-29-18-17-14(12-21-24(19(17)26)7-2-3-15(20)25)11-16(22-18)23-8-4-13(5-9-23)6-10-30(27)28/h11-13,27-28H,2-10H2,1H3,(H2,20,25). The molecule has 164 valence electrons. The number of aromatic nitrogens is 3. The molecule has 1 amide bonds. The van der Waals surface area contributed by atoms with Gasteiger partial charge in [0.1, 0.15) is 11.2 Å². The lowest BCUT2D eigenvalue weighted by atomic mass is 9.94. The summed E-state index contributed by atoms with van der Waals surface area (Å²) in [5, 5.41) is 5.24. The number of carbonyl (C=O) groups excluding carboxylic acids is 1. The molecular weight excluding hydrogens is 409 g/mol. The Hall–Kier alpha value is -2.29. The number of primary amides is 1. The van der Waals surface area contributed by atoms with Gasteiger partial charge in [0.05, 0.1) is 13.3 Å². The fourth-order valence-electron chi connectivity index (χ4n) is 3.78. The van der Waals surface area contributed by atoms with Crippen molar-refractivity contribution in [2.24, 2.45) is 11.7 Å². The number of anilines is 1. The Balaban J connectivity index is 1.78. The van der Waals surface area contributed by atoms with Crippen LogP contribution in [0.15, 0.2) is 17.1 Å². The third-order valence-corrected chi connectivity index (χ3v) is 6.11. The summed E-state index contributed by atoms with van der Waals surface area (Å²) in [6.07, 6.45) is 5.42. The van der Waals surface area contributed by atoms with Crippen LogP contribution in [0.25, 0.3) is 10.8 Å². The number of aryl methyl sites for hydroxylation is 1. The molecule has 3 rings (SSSR count). The molecule has 0 unspecified atom stereocenters. The third-order valence-electron chi connectivity index (χ3n) is 5.45. The Morgan fingerprint density at radius 3 is 2.73 bits per heavy atom. The summed E-state index contributed by atoms with van der Waals surface area (Å²) in [4.78, 5) is 48.7. The van der Waals surface area contributed by atoms with E-state index < -0.39 is 14.3 Å². The first-order chi connectivity index (χ1) is 14.4. The van der Waals surface area contributed by atoms with Gasteiger partial charge in [0.15, 0.2) is 8.38 Å². The summed E-state index contributed by atoms with van der Waals surface area (Å²) in [6, 6.07) is 1.85. The van der Waals surface area contributed by atoms with Crippen LogP contribution in [0.1, 0.15) is 32.1 Å². The van der Waals surface area contributed by atoms with Crippen LogP contribution in [0.2, 0.25) is 0 Å². The minimum atomic E-state index is -1.82. The Labute approximate surface area is 175 Å². The molecule has 0 spiro atoms. The van der Waals surface area contributed by atoms with E-state index in [9.17, 15) is 9.59 Å². The van der Waals surface area contributed by atoms with Crippen molar-refractivity contribution >= 4 is 30.9 Å². The maximum atomic E-state index is 12.9. The zero-order chi connectivity index (χ0) is 21.7. The SMILES string of the molecule is COc1nc(N2CCC(CCP(O)O)CC2)cc2cnn(CCCC(N)=O)c(=O)c12. The minimum Gasteiger partial charge on any atom is -0.480 e. The highest BCUT2D eigenvalue weighted by Crippen LogP contribution is 2.32. The van der Waals surface area contributed by atoms with Crippen LogP contribution in [0.3, 0.4) is 0 Å². The average molecular weight is 437 g/mol. The number of nitrogens with two attached hydrogens (primary N) is 1. The number of hydrogen-bond donors (Lipinski definition) is 3. The van der Waals surface area contributed by atoms with Crippen LogP contribution in [-0.2, 0) is 11.3 Å². The van der Waals surface area contributed by atoms with E-state index >= 15 is 0 Å². The largest absolute Gasteiger partial charge is 0.480 e. The maximum absolute atomic E-state index is 12.9. The molecule has 3 heterocycles. The van der Waals surface area contributed by atoms with Crippen molar-refractivity contribution in [1.82, 2.24) is 14.8 Å². The minimum absolute atomic E-state index is 0.189. The van der Waals surface area contributed by atoms with Gasteiger partial charge in [0.2, 0.25) is 11.8 Å². The van der Waals surface area contributed by atoms with Crippen molar-refractivity contribution in [3.8, 4) is 5.88 Å². The Morgan fingerprint density at radius 1 is 1.37 bits per heavy atom. The van der Waals surface area contributed by atoms with E-state index in [0.29, 0.717) is 35.8 Å². The Bertz CT molecular complexity index is 943. The van der Waals surface area contributed by atoms with E-state index in [-0.39, 0.29) is 17.9 Å². The third kappa shape index (κ3) is 5.44. The van der Waals surface area contributed by atoms with Gasteiger partial charge in [-0.25, -0.2) is 4.68 Å². The predicted molar refractivity (Wildman–Crippen MR) is 115 cm³/mol. The number of nitrogens with zero attached hydrogens (tertiary/aromatic N) is 4. The van der Waals surface area contributed by atoms with E-state index in [1.807, 2.05) is 6.07 Å². The van der Waals surface area contributed by atoms with Crippen molar-refractivity contribution in [2.75, 3.05) is 31.3 Å². The van der Waals surface area contributed by atoms with Gasteiger partial charge in [0.25, 0.3) is 5.56 Å². The van der Waals surface area contributed by atoms with Crippen molar-refractivity contribution < 1.29 is 19.3 Å². The molecular formula is C19H28N5O5P. The predicted octanol–water partition coefficient (Wildman–Crippen LogP) is 0.969. The molecule has 0 aromatic carbocycles. The van der Waals surface area contributed by atoms with Gasteiger partial charge in [-0.15, -0.1) is 0 Å². The number of ether oxygens (including phenoxy) is 1. The monoisotopic (exact) mass is 437 g/mol. The van der Waals surface area contributed by atoms with E-state index in [1.165, 1.54) is 11.8 Å². The molecule has 4 N–H and O–H groups in total. The van der Waals surface area contributed by atoms with Gasteiger partial charge in [-0.3, -0.25) is 9.59 Å². The van der Waals surface area contributed by atoms with E-state index in [1.54, 1.807) is 6.20 Å². The lowest BCUT2D eigenvalue weighted by Gasteiger charge is -2.33. The van der Waals surface area contributed by atoms with E-state index in [4.69, 9.17) is 20.3 Å². The van der Waals surface area contributed by atoms with Crippen LogP contribution < -0.4 is 20.9 Å². The number of carbonyl (C=O) groups is 1. The zero-order valence-corrected chi connectivity index (χ0v) is 17.9. The van der Waals surface area contributed by atoms with Crippen LogP contribution in [-0.4, -0.2) is 56.8 Å². The quantitative estimate of drug-likeness (QED) is 0.492. The number of piperidine rings is 1. The van der Waals surface area contributed by atoms with Crippen molar-refractivity contribution in [2.45, 2.75) is 38.6 Å². The molecule has 2 aromatic heterocycles. The molecule has 30 heavy (non-hydrogen) atoms. The van der Waals surface area contributed by atoms with Crippen LogP contribution in [0.5, 0.6) is 5.88 Å². The Morgan fingerprint density at radius 2 is 2.10 bits per heavy atom. The topological polar surface area (TPSA) is 144 Å². The smallest absolute Gasteiger partial charge is 0.280 e. The fourth-order valence-corrected chi connectivity index (χ4v) is 4.37. The number of pyridine rings is 1. The fraction of sp³-hybridized carbons (Fsp3) is 0.579. The highest BCUT2D eigenvalue weighted by molar-refractivity contribution is 7.45. The summed E-state index contributed by atoms with van der Waals surface area (Å²) in [6.45, 7) is 1.90. The van der Waals surface area contributed by atoms with Gasteiger partial charge < -0.3 is 25.2 Å². The van der Waals surface area contributed by atoms with Gasteiger partial charge >= 0.3 is 0 Å². The number of fused-ring (bicyclic) bond motifs is 1. The summed E-state index contributed by atoms with van der Waals surface area (Å²) < 4.78 is 6.72. The lowest BCUT2D eigenvalue weighted by molar-refractivity contribution is -0.118. The molecule has 1 aliphatic heterocycles. The second-order valence-electron chi connectivity index (χ2n) is 7.51. The van der Waals surface area contributed by atoms with Crippen molar-refractivity contribution in [3.05, 3.63) is 22.6 Å². The summed E-state index contributed by atoms with van der Waals surface area (Å²) in [7, 11) is -0.341. The second-order valence-corrected chi connectivity index (χ2v) is 8.70. The molecule has 0 saturated carbocycles. The lowest BCUT2D eigenvalue weighted by Crippen LogP contribution is -2.34. The normalized spacial score (nSPS) is 15.1. The average Bonchev–Trinajstić information content (AvgIpc) is 2.73. The molecule has 11 heteroatoms. The zero-order valence-electron chi connectivity index (χ0n) is 17.0. The van der Waals surface area contributed by atoms with Gasteiger partial charge in [-0.05, 0) is 37.7 Å². The number of hydrogen-bond acceptors (Lipinski definition) is 8. The van der Waals surface area contributed by atoms with Gasteiger partial charge in [-0.1, -0.05) is 0 Å². The summed E-state index contributed by atoms with van der Waals surface area (Å²) in [5.41, 5.74) is 4.84. The van der Waals surface area contributed by atoms with Gasteiger partial charge in [0, 0.05) is 37.6 Å².